The van der Waals surface area contributed by atoms with Crippen LogP contribution < -0.4 is 5.32 Å². The number of benzene rings is 1. The number of esters is 1. The Morgan fingerprint density at radius 2 is 2.04 bits per heavy atom. The number of para-hydroxylation sites is 2. The number of carbonyl (C=O) groups excluding carboxylic acids is 2. The first kappa shape index (κ1) is 17.6. The summed E-state index contributed by atoms with van der Waals surface area (Å²) in [7, 11) is 1.32. The van der Waals surface area contributed by atoms with Crippen molar-refractivity contribution in [3.63, 3.8) is 0 Å². The van der Waals surface area contributed by atoms with Gasteiger partial charge in [-0.2, -0.15) is 0 Å². The summed E-state index contributed by atoms with van der Waals surface area (Å²) in [6.45, 7) is 2.46. The topological polar surface area (TPSA) is 86.1 Å². The fourth-order valence-corrected chi connectivity index (χ4v) is 2.73. The summed E-state index contributed by atoms with van der Waals surface area (Å²) in [6.07, 6.45) is 4.34. The zero-order valence-electron chi connectivity index (χ0n) is 14.7. The molecule has 0 radical (unpaired) electrons. The molecule has 0 unspecified atom stereocenters. The SMILES string of the molecule is COC(=O)c1cc(NC(=O)CCCn2cnc3ccccc32)ncc1C. The van der Waals surface area contributed by atoms with E-state index in [1.807, 2.05) is 28.8 Å². The fraction of sp³-hybridized carbons (Fsp3) is 0.263. The summed E-state index contributed by atoms with van der Waals surface area (Å²) in [5.74, 6) is -0.261. The first-order valence-electron chi connectivity index (χ1n) is 8.33. The highest BCUT2D eigenvalue weighted by atomic mass is 16.5. The maximum atomic E-state index is 12.1. The summed E-state index contributed by atoms with van der Waals surface area (Å²) in [5.41, 5.74) is 3.08. The Bertz CT molecular complexity index is 949. The minimum absolute atomic E-state index is 0.151. The second-order valence-electron chi connectivity index (χ2n) is 5.95. The number of rotatable bonds is 6. The van der Waals surface area contributed by atoms with Gasteiger partial charge in [0.25, 0.3) is 0 Å². The highest BCUT2D eigenvalue weighted by molar-refractivity contribution is 5.94. The van der Waals surface area contributed by atoms with Crippen LogP contribution in [0, 0.1) is 6.92 Å². The molecule has 1 aromatic carbocycles. The molecule has 0 aliphatic heterocycles. The van der Waals surface area contributed by atoms with Gasteiger partial charge in [0.05, 0.1) is 30.0 Å². The van der Waals surface area contributed by atoms with Crippen LogP contribution in [-0.2, 0) is 16.1 Å². The molecule has 1 amide bonds. The molecule has 0 atom stereocenters. The zero-order chi connectivity index (χ0) is 18.5. The third-order valence-electron chi connectivity index (χ3n) is 4.11. The molecular weight excluding hydrogens is 332 g/mol. The molecule has 3 aromatic rings. The van der Waals surface area contributed by atoms with Crippen molar-refractivity contribution in [2.24, 2.45) is 0 Å². The van der Waals surface area contributed by atoms with Crippen molar-refractivity contribution in [3.05, 3.63) is 54.0 Å². The first-order chi connectivity index (χ1) is 12.6. The number of imidazole rings is 1. The molecule has 0 saturated carbocycles. The molecule has 0 saturated heterocycles. The molecule has 1 N–H and O–H groups in total. The lowest BCUT2D eigenvalue weighted by atomic mass is 10.1. The average Bonchev–Trinajstić information content (AvgIpc) is 3.06. The molecule has 3 rings (SSSR count). The van der Waals surface area contributed by atoms with Gasteiger partial charge in [-0.1, -0.05) is 12.1 Å². The number of pyridine rings is 1. The van der Waals surface area contributed by atoms with E-state index in [2.05, 4.69) is 15.3 Å². The van der Waals surface area contributed by atoms with Gasteiger partial charge < -0.3 is 14.6 Å². The number of fused-ring (bicyclic) bond motifs is 1. The van der Waals surface area contributed by atoms with Crippen LogP contribution >= 0.6 is 0 Å². The summed E-state index contributed by atoms with van der Waals surface area (Å²) >= 11 is 0. The first-order valence-corrected chi connectivity index (χ1v) is 8.33. The Kier molecular flexibility index (Phi) is 5.26. The Hall–Kier alpha value is -3.22. The minimum Gasteiger partial charge on any atom is -0.465 e. The lowest BCUT2D eigenvalue weighted by molar-refractivity contribution is -0.116. The Morgan fingerprint density at radius 3 is 2.85 bits per heavy atom. The van der Waals surface area contributed by atoms with Crippen LogP contribution in [-0.4, -0.2) is 33.5 Å². The van der Waals surface area contributed by atoms with Gasteiger partial charge in [-0.05, 0) is 37.1 Å². The molecule has 7 heteroatoms. The quantitative estimate of drug-likeness (QED) is 0.689. The molecule has 0 bridgehead atoms. The maximum absolute atomic E-state index is 12.1. The zero-order valence-corrected chi connectivity index (χ0v) is 14.7. The van der Waals surface area contributed by atoms with Crippen LogP contribution in [0.5, 0.6) is 0 Å². The minimum atomic E-state index is -0.451. The van der Waals surface area contributed by atoms with E-state index >= 15 is 0 Å². The van der Waals surface area contributed by atoms with Crippen molar-refractivity contribution >= 4 is 28.7 Å². The van der Waals surface area contributed by atoms with Crippen LogP contribution in [0.25, 0.3) is 11.0 Å². The van der Waals surface area contributed by atoms with Gasteiger partial charge in [-0.15, -0.1) is 0 Å². The molecule has 2 heterocycles. The van der Waals surface area contributed by atoms with Crippen molar-refractivity contribution in [2.75, 3.05) is 12.4 Å². The van der Waals surface area contributed by atoms with Gasteiger partial charge in [0.15, 0.2) is 0 Å². The highest BCUT2D eigenvalue weighted by Gasteiger charge is 2.12. The normalized spacial score (nSPS) is 10.7. The smallest absolute Gasteiger partial charge is 0.338 e. The number of aryl methyl sites for hydroxylation is 2. The lowest BCUT2D eigenvalue weighted by Crippen LogP contribution is -2.14. The van der Waals surface area contributed by atoms with E-state index in [9.17, 15) is 9.59 Å². The van der Waals surface area contributed by atoms with Crippen LogP contribution in [0.15, 0.2) is 42.9 Å². The second kappa shape index (κ2) is 7.77. The number of hydrogen-bond acceptors (Lipinski definition) is 5. The highest BCUT2D eigenvalue weighted by Crippen LogP contribution is 2.15. The third-order valence-corrected chi connectivity index (χ3v) is 4.11. The predicted octanol–water partition coefficient (Wildman–Crippen LogP) is 2.95. The number of ether oxygens (including phenoxy) is 1. The number of amides is 1. The van der Waals surface area contributed by atoms with Crippen molar-refractivity contribution in [1.29, 1.82) is 0 Å². The fourth-order valence-electron chi connectivity index (χ4n) is 2.73. The number of nitrogens with zero attached hydrogens (tertiary/aromatic N) is 3. The Balaban J connectivity index is 1.57. The van der Waals surface area contributed by atoms with Gasteiger partial charge in [-0.25, -0.2) is 14.8 Å². The van der Waals surface area contributed by atoms with E-state index in [0.717, 1.165) is 11.0 Å². The molecular formula is C19H20N4O3. The monoisotopic (exact) mass is 352 g/mol. The van der Waals surface area contributed by atoms with Crippen molar-refractivity contribution in [3.8, 4) is 0 Å². The Labute approximate surface area is 151 Å². The van der Waals surface area contributed by atoms with Crippen LogP contribution in [0.3, 0.4) is 0 Å². The number of methoxy groups -OCH3 is 1. The standard InChI is InChI=1S/C19H20N4O3/c1-13-11-20-17(10-14(13)19(25)26-2)22-18(24)8-5-9-23-12-21-15-6-3-4-7-16(15)23/h3-4,6-7,10-12H,5,8-9H2,1-2H3,(H,20,22,24). The molecule has 0 aliphatic carbocycles. The van der Waals surface area contributed by atoms with Crippen molar-refractivity contribution in [1.82, 2.24) is 14.5 Å². The molecule has 134 valence electrons. The van der Waals surface area contributed by atoms with E-state index in [4.69, 9.17) is 4.74 Å². The van der Waals surface area contributed by atoms with Crippen molar-refractivity contribution in [2.45, 2.75) is 26.3 Å². The molecule has 0 spiro atoms. The molecule has 7 nitrogen and oxygen atoms in total. The summed E-state index contributed by atoms with van der Waals surface area (Å²) < 4.78 is 6.76. The van der Waals surface area contributed by atoms with E-state index in [1.165, 1.54) is 13.2 Å². The van der Waals surface area contributed by atoms with E-state index in [1.54, 1.807) is 19.4 Å². The predicted molar refractivity (Wildman–Crippen MR) is 97.9 cm³/mol. The largest absolute Gasteiger partial charge is 0.465 e. The number of carbonyl (C=O) groups is 2. The van der Waals surface area contributed by atoms with Crippen LogP contribution in [0.4, 0.5) is 5.82 Å². The lowest BCUT2D eigenvalue weighted by Gasteiger charge is -2.08. The number of anilines is 1. The van der Waals surface area contributed by atoms with E-state index in [-0.39, 0.29) is 5.91 Å². The van der Waals surface area contributed by atoms with Gasteiger partial charge in [0.2, 0.25) is 5.91 Å². The van der Waals surface area contributed by atoms with Gasteiger partial charge in [0, 0.05) is 19.2 Å². The summed E-state index contributed by atoms with van der Waals surface area (Å²) in [6, 6.07) is 9.41. The number of aromatic nitrogens is 3. The number of hydrogen-bond donors (Lipinski definition) is 1. The van der Waals surface area contributed by atoms with Crippen LogP contribution in [0.1, 0.15) is 28.8 Å². The third kappa shape index (κ3) is 3.88. The number of nitrogens with one attached hydrogen (secondary N) is 1. The van der Waals surface area contributed by atoms with Gasteiger partial charge >= 0.3 is 5.97 Å². The molecule has 2 aromatic heterocycles. The maximum Gasteiger partial charge on any atom is 0.338 e. The summed E-state index contributed by atoms with van der Waals surface area (Å²) in [4.78, 5) is 32.3. The molecule has 0 aliphatic rings. The van der Waals surface area contributed by atoms with E-state index in [0.29, 0.717) is 36.3 Å². The molecule has 26 heavy (non-hydrogen) atoms. The van der Waals surface area contributed by atoms with Gasteiger partial charge in [-0.3, -0.25) is 4.79 Å². The second-order valence-corrected chi connectivity index (χ2v) is 5.95. The average molecular weight is 352 g/mol. The molecule has 0 fully saturated rings. The van der Waals surface area contributed by atoms with Gasteiger partial charge in [0.1, 0.15) is 5.82 Å². The van der Waals surface area contributed by atoms with E-state index < -0.39 is 5.97 Å². The Morgan fingerprint density at radius 1 is 1.23 bits per heavy atom. The van der Waals surface area contributed by atoms with Crippen molar-refractivity contribution < 1.29 is 14.3 Å². The van der Waals surface area contributed by atoms with Crippen LogP contribution in [0.2, 0.25) is 0 Å². The summed E-state index contributed by atoms with van der Waals surface area (Å²) in [5, 5.41) is 2.72.